The van der Waals surface area contributed by atoms with Crippen LogP contribution in [0, 0.1) is 45.9 Å². The van der Waals surface area contributed by atoms with Gasteiger partial charge in [-0.15, -0.1) is 0 Å². The summed E-state index contributed by atoms with van der Waals surface area (Å²) in [5, 5.41) is 54.4. The van der Waals surface area contributed by atoms with E-state index in [2.05, 4.69) is 4.98 Å². The van der Waals surface area contributed by atoms with Crippen LogP contribution < -0.4 is 10.9 Å². The molecule has 0 aliphatic heterocycles. The molecule has 27 heteroatoms. The van der Waals surface area contributed by atoms with Gasteiger partial charge in [-0.1, -0.05) is 46.4 Å². The van der Waals surface area contributed by atoms with Crippen LogP contribution >= 0.6 is 57.1 Å². The Bertz CT molecular complexity index is 2180. The number of nitro groups is 4. The molecule has 4 N–H and O–H groups in total. The van der Waals surface area contributed by atoms with E-state index in [0.29, 0.717) is 5.02 Å². The smallest absolute Gasteiger partial charge is 0.397 e. The van der Waals surface area contributed by atoms with Crippen molar-refractivity contribution in [2.24, 2.45) is 5.14 Å². The van der Waals surface area contributed by atoms with Crippen molar-refractivity contribution in [1.82, 2.24) is 0 Å². The van der Waals surface area contributed by atoms with E-state index in [1.54, 1.807) is 0 Å². The average molecular weight is 850 g/mol. The molecule has 0 saturated heterocycles. The Balaban J connectivity index is 0.000000342. The molecule has 0 atom stereocenters. The highest BCUT2D eigenvalue weighted by molar-refractivity contribution is 8.13. The number of benzene rings is 4. The highest BCUT2D eigenvalue weighted by Gasteiger charge is 2.20. The molecule has 0 fully saturated rings. The second-order valence-electron chi connectivity index (χ2n) is 8.68. The van der Waals surface area contributed by atoms with E-state index in [9.17, 15) is 57.3 Å². The number of halogens is 5. The molecule has 0 aliphatic carbocycles. The normalized spacial score (nSPS) is 10.4. The number of hydrogen-bond donors (Lipinski definition) is 2. The van der Waals surface area contributed by atoms with E-state index < -0.39 is 48.6 Å². The zero-order valence-corrected chi connectivity index (χ0v) is 29.8. The molecular formula is C24H16Cl5N8O12S2+. The van der Waals surface area contributed by atoms with Crippen molar-refractivity contribution < 1.29 is 36.5 Å². The SMILES string of the molecule is N#[N+]c1cc([N+](=O)[O-])ccc1Cl.NS(=O)(=O)c1cc([N+](=O)[O-])ccc1Cl.Nc1cc([N+](=O)[O-])ccc1Cl.O=[N+]([O-])c1ccc(Cl)c(S(=O)(=O)Cl)c1. The van der Waals surface area contributed by atoms with Gasteiger partial charge in [0.15, 0.2) is 4.98 Å². The number of anilines is 1. The number of nitrogen functional groups attached to an aromatic ring is 1. The average Bonchev–Trinajstić information content (AvgIpc) is 3.02. The summed E-state index contributed by atoms with van der Waals surface area (Å²) in [6.45, 7) is 0. The van der Waals surface area contributed by atoms with Gasteiger partial charge >= 0.3 is 5.69 Å². The van der Waals surface area contributed by atoms with Crippen LogP contribution in [0.15, 0.2) is 82.6 Å². The predicted molar refractivity (Wildman–Crippen MR) is 186 cm³/mol. The largest absolute Gasteiger partial charge is 0.410 e. The molecule has 0 spiro atoms. The molecule has 4 aromatic rings. The van der Waals surface area contributed by atoms with Crippen LogP contribution in [-0.2, 0) is 19.1 Å². The fourth-order valence-electron chi connectivity index (χ4n) is 2.95. The van der Waals surface area contributed by atoms with Crippen molar-refractivity contribution in [3.05, 3.63) is 138 Å². The molecular weight excluding hydrogens is 834 g/mol. The molecule has 0 amide bonds. The monoisotopic (exact) mass is 847 g/mol. The van der Waals surface area contributed by atoms with Crippen molar-refractivity contribution in [2.45, 2.75) is 9.79 Å². The van der Waals surface area contributed by atoms with Gasteiger partial charge in [-0.3, -0.25) is 40.5 Å². The molecule has 0 radical (unpaired) electrons. The van der Waals surface area contributed by atoms with Crippen LogP contribution in [0.1, 0.15) is 0 Å². The minimum atomic E-state index is -4.05. The second-order valence-corrected chi connectivity index (χ2v) is 14.4. The summed E-state index contributed by atoms with van der Waals surface area (Å²) in [6, 6.07) is 13.6. The predicted octanol–water partition coefficient (Wildman–Crippen LogP) is 7.63. The molecule has 20 nitrogen and oxygen atoms in total. The minimum Gasteiger partial charge on any atom is -0.397 e. The van der Waals surface area contributed by atoms with Gasteiger partial charge in [0.2, 0.25) is 15.4 Å². The molecule has 4 aromatic carbocycles. The summed E-state index contributed by atoms with van der Waals surface area (Å²) < 4.78 is 43.6. The van der Waals surface area contributed by atoms with Crippen molar-refractivity contribution >= 4 is 110 Å². The molecule has 0 bridgehead atoms. The summed E-state index contributed by atoms with van der Waals surface area (Å²) in [5.41, 5.74) is 4.57. The lowest BCUT2D eigenvalue weighted by Gasteiger charge is -2.00. The molecule has 51 heavy (non-hydrogen) atoms. The number of non-ortho nitro benzene ring substituents is 4. The fraction of sp³-hybridized carbons (Fsp3) is 0. The lowest BCUT2D eigenvalue weighted by molar-refractivity contribution is -0.385. The molecule has 4 rings (SSSR count). The van der Waals surface area contributed by atoms with Crippen molar-refractivity contribution in [3.63, 3.8) is 0 Å². The maximum atomic E-state index is 10.9. The minimum absolute atomic E-state index is 0.00846. The number of nitro benzene ring substituents is 4. The zero-order valence-electron chi connectivity index (χ0n) is 24.4. The molecule has 0 unspecified atom stereocenters. The Labute approximate surface area is 309 Å². The van der Waals surface area contributed by atoms with E-state index in [-0.39, 0.29) is 49.2 Å². The van der Waals surface area contributed by atoms with E-state index in [1.165, 1.54) is 30.3 Å². The summed E-state index contributed by atoms with van der Waals surface area (Å²) >= 11 is 22.1. The number of hydrogen-bond acceptors (Lipinski definition) is 14. The zero-order chi connectivity index (χ0) is 39.4. The van der Waals surface area contributed by atoms with Crippen molar-refractivity contribution in [2.75, 3.05) is 5.73 Å². The van der Waals surface area contributed by atoms with Gasteiger partial charge in [0.25, 0.3) is 31.8 Å². The van der Waals surface area contributed by atoms with Crippen LogP contribution in [0.25, 0.3) is 4.98 Å². The van der Waals surface area contributed by atoms with Crippen LogP contribution in [0.2, 0.25) is 20.1 Å². The molecule has 0 aliphatic rings. The second kappa shape index (κ2) is 18.8. The number of sulfonamides is 1. The highest BCUT2D eigenvalue weighted by Crippen LogP contribution is 2.30. The quantitative estimate of drug-likeness (QED) is 0.0619. The third-order valence-corrected chi connectivity index (χ3v) is 9.12. The van der Waals surface area contributed by atoms with Gasteiger partial charge in [0.05, 0.1) is 40.4 Å². The summed E-state index contributed by atoms with van der Waals surface area (Å²) in [5.74, 6) is 0. The van der Waals surface area contributed by atoms with E-state index in [1.807, 2.05) is 0 Å². The van der Waals surface area contributed by atoms with Crippen molar-refractivity contribution in [3.8, 4) is 0 Å². The van der Waals surface area contributed by atoms with Gasteiger partial charge in [-0.25, -0.2) is 22.0 Å². The number of primary sulfonamides is 1. The van der Waals surface area contributed by atoms with Crippen LogP contribution in [-0.4, -0.2) is 36.5 Å². The van der Waals surface area contributed by atoms with E-state index in [0.717, 1.165) is 42.5 Å². The van der Waals surface area contributed by atoms with Crippen LogP contribution in [0.5, 0.6) is 0 Å². The number of diazo groups is 1. The van der Waals surface area contributed by atoms with Crippen LogP contribution in [0.4, 0.5) is 34.1 Å². The van der Waals surface area contributed by atoms with Gasteiger partial charge in [-0.05, 0) is 24.3 Å². The Hall–Kier alpha value is -4.99. The Morgan fingerprint density at radius 1 is 0.569 bits per heavy atom. The van der Waals surface area contributed by atoms with Crippen molar-refractivity contribution in [1.29, 1.82) is 5.39 Å². The Morgan fingerprint density at radius 3 is 1.25 bits per heavy atom. The Kier molecular flexibility index (Phi) is 16.3. The van der Waals surface area contributed by atoms with E-state index in [4.69, 9.17) is 73.4 Å². The highest BCUT2D eigenvalue weighted by atomic mass is 35.7. The Morgan fingerprint density at radius 2 is 0.902 bits per heavy atom. The first-order chi connectivity index (χ1) is 23.4. The van der Waals surface area contributed by atoms with Gasteiger partial charge < -0.3 is 5.73 Å². The first-order valence-corrected chi connectivity index (χ1v) is 17.6. The maximum Gasteiger partial charge on any atom is 0.410 e. The van der Waals surface area contributed by atoms with E-state index >= 15 is 0 Å². The summed E-state index contributed by atoms with van der Waals surface area (Å²) in [7, 11) is -3.07. The van der Waals surface area contributed by atoms with Crippen LogP contribution in [0.3, 0.4) is 0 Å². The lowest BCUT2D eigenvalue weighted by atomic mass is 10.3. The van der Waals surface area contributed by atoms with Gasteiger partial charge in [-0.2, -0.15) is 0 Å². The third kappa shape index (κ3) is 14.0. The first-order valence-electron chi connectivity index (χ1n) is 12.2. The van der Waals surface area contributed by atoms with Gasteiger partial charge in [0.1, 0.15) is 20.9 Å². The van der Waals surface area contributed by atoms with Gasteiger partial charge in [0, 0.05) is 53.1 Å². The summed E-state index contributed by atoms with van der Waals surface area (Å²) in [6.07, 6.45) is 0. The lowest BCUT2D eigenvalue weighted by Crippen LogP contribution is -2.12. The summed E-state index contributed by atoms with van der Waals surface area (Å²) in [4.78, 5) is 40.3. The topological polar surface area (TPSA) is 321 Å². The maximum absolute atomic E-state index is 10.9. The standard InChI is InChI=1S/C6H3Cl2NO4S.C6H3ClN3O2.C6H5ClN2O4S.C6H5ClN2O2/c7-5-2-1-4(9(10)11)3-6(5)14(8,12)13;7-5-2-1-4(10(11)12)3-6(5)9-8;7-5-2-1-4(9(10)11)3-6(5)14(8,12)13;7-5-2-1-4(9(10)11)3-6(5)8/h1-3H;1-3H;1-3H,(H2,8,12,13);1-3H,8H2/q;+1;;. The molecule has 0 aromatic heterocycles. The molecule has 0 heterocycles. The number of nitrogens with two attached hydrogens (primary N) is 2. The molecule has 270 valence electrons. The number of rotatable bonds is 6. The number of nitrogens with zero attached hydrogens (tertiary/aromatic N) is 6. The fourth-order valence-corrected chi connectivity index (χ4v) is 5.78. The first kappa shape index (κ1) is 44.0. The third-order valence-electron chi connectivity index (χ3n) is 5.26. The molecule has 0 saturated carbocycles.